The molecular weight excluding hydrogens is 158 g/mol. The maximum atomic E-state index is 11.2. The van der Waals surface area contributed by atoms with Crippen molar-refractivity contribution in [1.82, 2.24) is 5.32 Å². The summed E-state index contributed by atoms with van der Waals surface area (Å²) in [6, 6.07) is 0. The van der Waals surface area contributed by atoms with Crippen molar-refractivity contribution >= 4 is 12.0 Å². The van der Waals surface area contributed by atoms with Gasteiger partial charge in [0.15, 0.2) is 0 Å². The first-order chi connectivity index (χ1) is 5.77. The van der Waals surface area contributed by atoms with E-state index in [4.69, 9.17) is 4.74 Å². The number of imide groups is 1. The van der Waals surface area contributed by atoms with Gasteiger partial charge >= 0.3 is 6.09 Å². The molecule has 2 rings (SSSR count). The molecule has 2 fully saturated rings. The highest BCUT2D eigenvalue weighted by atomic mass is 16.6. The molecule has 0 spiro atoms. The van der Waals surface area contributed by atoms with Gasteiger partial charge in [-0.15, -0.1) is 0 Å². The van der Waals surface area contributed by atoms with Crippen LogP contribution in [-0.2, 0) is 9.53 Å². The molecule has 2 atom stereocenters. The van der Waals surface area contributed by atoms with Gasteiger partial charge in [0.2, 0.25) is 5.91 Å². The monoisotopic (exact) mass is 169 g/mol. The van der Waals surface area contributed by atoms with Crippen molar-refractivity contribution in [1.29, 1.82) is 0 Å². The fraction of sp³-hybridized carbons (Fsp3) is 0.750. The van der Waals surface area contributed by atoms with Crippen LogP contribution in [-0.4, -0.2) is 18.1 Å². The Hall–Kier alpha value is -1.06. The molecule has 0 aromatic carbocycles. The van der Waals surface area contributed by atoms with Crippen molar-refractivity contribution in [2.45, 2.75) is 31.8 Å². The van der Waals surface area contributed by atoms with Crippen LogP contribution in [0.2, 0.25) is 0 Å². The van der Waals surface area contributed by atoms with Crippen molar-refractivity contribution < 1.29 is 14.3 Å². The first-order valence-electron chi connectivity index (χ1n) is 4.29. The number of hydrogen-bond donors (Lipinski definition) is 1. The Balaban J connectivity index is 2.11. The molecular formula is C8H11NO3. The maximum absolute atomic E-state index is 11.2. The molecule has 12 heavy (non-hydrogen) atoms. The zero-order valence-corrected chi connectivity index (χ0v) is 6.71. The van der Waals surface area contributed by atoms with Crippen molar-refractivity contribution in [3.05, 3.63) is 0 Å². The van der Waals surface area contributed by atoms with Gasteiger partial charge < -0.3 is 4.74 Å². The van der Waals surface area contributed by atoms with Crippen LogP contribution in [0.1, 0.15) is 25.7 Å². The molecule has 0 radical (unpaired) electrons. The summed E-state index contributed by atoms with van der Waals surface area (Å²) in [5.74, 6) is -0.243. The van der Waals surface area contributed by atoms with Crippen LogP contribution in [0.5, 0.6) is 0 Å². The zero-order chi connectivity index (χ0) is 8.55. The number of alkyl carbamates (subject to hydrolysis) is 1. The van der Waals surface area contributed by atoms with E-state index < -0.39 is 6.09 Å². The molecule has 1 N–H and O–H groups in total. The van der Waals surface area contributed by atoms with E-state index in [2.05, 4.69) is 5.32 Å². The predicted octanol–water partition coefficient (Wildman–Crippen LogP) is 0.812. The van der Waals surface area contributed by atoms with Crippen molar-refractivity contribution in [3.63, 3.8) is 0 Å². The quantitative estimate of drug-likeness (QED) is 0.583. The Morgan fingerprint density at radius 1 is 1.25 bits per heavy atom. The topological polar surface area (TPSA) is 55.4 Å². The van der Waals surface area contributed by atoms with E-state index in [1.165, 1.54) is 0 Å². The van der Waals surface area contributed by atoms with Crippen LogP contribution in [0, 0.1) is 5.92 Å². The Kier molecular flexibility index (Phi) is 1.75. The summed E-state index contributed by atoms with van der Waals surface area (Å²) in [6.07, 6.45) is 3.07. The molecule has 1 heterocycles. The molecule has 1 saturated heterocycles. The minimum absolute atomic E-state index is 0.0866. The molecule has 1 aliphatic heterocycles. The largest absolute Gasteiger partial charge is 0.445 e. The number of nitrogens with one attached hydrogen (secondary N) is 1. The fourth-order valence-corrected chi connectivity index (χ4v) is 1.90. The van der Waals surface area contributed by atoms with Crippen LogP contribution < -0.4 is 5.32 Å². The number of carbonyl (C=O) groups is 2. The molecule has 66 valence electrons. The fourth-order valence-electron chi connectivity index (χ4n) is 1.90. The normalized spacial score (nSPS) is 35.0. The summed E-state index contributed by atoms with van der Waals surface area (Å²) in [4.78, 5) is 22.0. The lowest BCUT2D eigenvalue weighted by Gasteiger charge is -2.33. The zero-order valence-electron chi connectivity index (χ0n) is 6.71. The van der Waals surface area contributed by atoms with Crippen LogP contribution in [0.4, 0.5) is 4.79 Å². The summed E-state index contributed by atoms with van der Waals surface area (Å²) in [7, 11) is 0. The third-order valence-electron chi connectivity index (χ3n) is 2.52. The molecule has 1 aliphatic carbocycles. The average molecular weight is 169 g/mol. The van der Waals surface area contributed by atoms with Gasteiger partial charge in [-0.2, -0.15) is 0 Å². The summed E-state index contributed by atoms with van der Waals surface area (Å²) in [5.41, 5.74) is 0. The van der Waals surface area contributed by atoms with Gasteiger partial charge in [-0.1, -0.05) is 6.42 Å². The Morgan fingerprint density at radius 2 is 2.00 bits per heavy atom. The second-order valence-corrected chi connectivity index (χ2v) is 3.32. The van der Waals surface area contributed by atoms with Crippen molar-refractivity contribution in [3.8, 4) is 0 Å². The summed E-state index contributed by atoms with van der Waals surface area (Å²) in [6.45, 7) is 0. The number of carbonyl (C=O) groups excluding carboxylic acids is 2. The second-order valence-electron chi connectivity index (χ2n) is 3.32. The van der Waals surface area contributed by atoms with Crippen molar-refractivity contribution in [2.24, 2.45) is 5.92 Å². The molecule has 2 unspecified atom stereocenters. The predicted molar refractivity (Wildman–Crippen MR) is 40.4 cm³/mol. The highest BCUT2D eigenvalue weighted by molar-refractivity contribution is 5.95. The van der Waals surface area contributed by atoms with Gasteiger partial charge in [-0.25, -0.2) is 4.79 Å². The van der Waals surface area contributed by atoms with Crippen molar-refractivity contribution in [2.75, 3.05) is 0 Å². The highest BCUT2D eigenvalue weighted by Gasteiger charge is 2.38. The number of hydrogen-bond acceptors (Lipinski definition) is 3. The van der Waals surface area contributed by atoms with Gasteiger partial charge in [0.25, 0.3) is 0 Å². The van der Waals surface area contributed by atoms with Gasteiger partial charge in [0.1, 0.15) is 6.10 Å². The van der Waals surface area contributed by atoms with Gasteiger partial charge in [-0.3, -0.25) is 10.1 Å². The minimum Gasteiger partial charge on any atom is -0.445 e. The minimum atomic E-state index is -0.580. The standard InChI is InChI=1S/C8H11NO3/c10-7-5-3-1-2-4-6(5)12-8(11)9-7/h5-6H,1-4H2,(H,9,10,11). The molecule has 0 aromatic heterocycles. The van der Waals surface area contributed by atoms with Gasteiger partial charge in [0.05, 0.1) is 5.92 Å². The lowest BCUT2D eigenvalue weighted by molar-refractivity contribution is -0.133. The second kappa shape index (κ2) is 2.77. The molecule has 0 aromatic rings. The highest BCUT2D eigenvalue weighted by Crippen LogP contribution is 2.29. The summed E-state index contributed by atoms with van der Waals surface area (Å²) >= 11 is 0. The van der Waals surface area contributed by atoms with Crippen LogP contribution >= 0.6 is 0 Å². The summed E-state index contributed by atoms with van der Waals surface area (Å²) < 4.78 is 4.99. The van der Waals surface area contributed by atoms with E-state index >= 15 is 0 Å². The molecule has 2 amide bonds. The Bertz CT molecular complexity index is 226. The number of amides is 2. The lowest BCUT2D eigenvalue weighted by Crippen LogP contribution is -2.50. The maximum Gasteiger partial charge on any atom is 0.414 e. The first-order valence-corrected chi connectivity index (χ1v) is 4.29. The Morgan fingerprint density at radius 3 is 2.83 bits per heavy atom. The SMILES string of the molecule is O=C1NC(=O)C2CCCCC2O1. The average Bonchev–Trinajstić information content (AvgIpc) is 2.04. The van der Waals surface area contributed by atoms with Gasteiger partial charge in [-0.05, 0) is 19.3 Å². The van der Waals surface area contributed by atoms with Crippen LogP contribution in [0.15, 0.2) is 0 Å². The smallest absolute Gasteiger partial charge is 0.414 e. The van der Waals surface area contributed by atoms with E-state index in [-0.39, 0.29) is 17.9 Å². The summed E-state index contributed by atoms with van der Waals surface area (Å²) in [5, 5.41) is 2.18. The Labute approximate surface area is 70.3 Å². The van der Waals surface area contributed by atoms with Crippen LogP contribution in [0.3, 0.4) is 0 Å². The van der Waals surface area contributed by atoms with E-state index in [0.29, 0.717) is 0 Å². The molecule has 0 bridgehead atoms. The van der Waals surface area contributed by atoms with E-state index in [9.17, 15) is 9.59 Å². The third kappa shape index (κ3) is 1.17. The van der Waals surface area contributed by atoms with E-state index in [1.807, 2.05) is 0 Å². The number of rotatable bonds is 0. The van der Waals surface area contributed by atoms with E-state index in [1.54, 1.807) is 0 Å². The first kappa shape index (κ1) is 7.58. The van der Waals surface area contributed by atoms with E-state index in [0.717, 1.165) is 25.7 Å². The molecule has 2 aliphatic rings. The number of fused-ring (bicyclic) bond motifs is 1. The molecule has 4 nitrogen and oxygen atoms in total. The van der Waals surface area contributed by atoms with Gasteiger partial charge in [0, 0.05) is 0 Å². The number of ether oxygens (including phenoxy) is 1. The molecule has 4 heteroatoms. The third-order valence-corrected chi connectivity index (χ3v) is 2.52. The lowest BCUT2D eigenvalue weighted by atomic mass is 9.85. The molecule has 1 saturated carbocycles. The van der Waals surface area contributed by atoms with Crippen LogP contribution in [0.25, 0.3) is 0 Å².